The molecule has 3 rings (SSSR count). The molecule has 0 unspecified atom stereocenters. The first kappa shape index (κ1) is 9.59. The third kappa shape index (κ3) is 1.74. The Labute approximate surface area is 101 Å². The maximum atomic E-state index is 4.52. The molecule has 16 heavy (non-hydrogen) atoms. The molecule has 4 nitrogen and oxygen atoms in total. The zero-order chi connectivity index (χ0) is 11.0. The van der Waals surface area contributed by atoms with Crippen molar-refractivity contribution in [3.8, 4) is 0 Å². The van der Waals surface area contributed by atoms with Gasteiger partial charge in [-0.05, 0) is 28.1 Å². The first-order chi connectivity index (χ1) is 7.81. The van der Waals surface area contributed by atoms with Crippen molar-refractivity contribution in [2.75, 3.05) is 0 Å². The summed E-state index contributed by atoms with van der Waals surface area (Å²) in [7, 11) is 0. The van der Waals surface area contributed by atoms with E-state index in [2.05, 4.69) is 25.9 Å². The molecule has 0 fully saturated rings. The molecule has 3 aromatic heterocycles. The van der Waals surface area contributed by atoms with Gasteiger partial charge in [0.05, 0.1) is 18.6 Å². The quantitative estimate of drug-likeness (QED) is 0.720. The van der Waals surface area contributed by atoms with Crippen molar-refractivity contribution < 1.29 is 0 Å². The van der Waals surface area contributed by atoms with Gasteiger partial charge >= 0.3 is 0 Å². The van der Waals surface area contributed by atoms with E-state index in [0.717, 1.165) is 22.4 Å². The Morgan fingerprint density at radius 3 is 3.00 bits per heavy atom. The van der Waals surface area contributed by atoms with Crippen LogP contribution >= 0.6 is 15.9 Å². The largest absolute Gasteiger partial charge is 0.331 e. The Bertz CT molecular complexity index is 612. The van der Waals surface area contributed by atoms with Crippen LogP contribution in [0.2, 0.25) is 0 Å². The van der Waals surface area contributed by atoms with Crippen molar-refractivity contribution >= 4 is 21.6 Å². The summed E-state index contributed by atoms with van der Waals surface area (Å²) >= 11 is 3.44. The highest BCUT2D eigenvalue weighted by Crippen LogP contribution is 2.12. The molecule has 0 aliphatic rings. The van der Waals surface area contributed by atoms with Crippen molar-refractivity contribution in [2.24, 2.45) is 0 Å². The van der Waals surface area contributed by atoms with Gasteiger partial charge in [0.1, 0.15) is 5.65 Å². The molecule has 0 aromatic carbocycles. The highest BCUT2D eigenvalue weighted by Gasteiger charge is 2.02. The minimum Gasteiger partial charge on any atom is -0.331 e. The van der Waals surface area contributed by atoms with Crippen LogP contribution in [0.5, 0.6) is 0 Å². The van der Waals surface area contributed by atoms with Gasteiger partial charge in [-0.25, -0.2) is 9.97 Å². The van der Waals surface area contributed by atoms with Crippen LogP contribution in [0.25, 0.3) is 5.65 Å². The summed E-state index contributed by atoms with van der Waals surface area (Å²) < 4.78 is 5.05. The van der Waals surface area contributed by atoms with Crippen molar-refractivity contribution in [1.29, 1.82) is 0 Å². The van der Waals surface area contributed by atoms with E-state index in [9.17, 15) is 0 Å². The lowest BCUT2D eigenvalue weighted by molar-refractivity contribution is 0.779. The molecule has 0 N–H and O–H groups in total. The maximum absolute atomic E-state index is 4.52. The fourth-order valence-electron chi connectivity index (χ4n) is 1.66. The molecule has 0 spiro atoms. The Kier molecular flexibility index (Phi) is 2.25. The summed E-state index contributed by atoms with van der Waals surface area (Å²) in [6.45, 7) is 0.749. The SMILES string of the molecule is Brc1ccc2nc(Cn3ccnc3)cn2c1. The number of hydrogen-bond donors (Lipinski definition) is 0. The van der Waals surface area contributed by atoms with Crippen LogP contribution < -0.4 is 0 Å². The molecular formula is C11H9BrN4. The topological polar surface area (TPSA) is 35.1 Å². The minimum atomic E-state index is 0.749. The Morgan fingerprint density at radius 1 is 1.25 bits per heavy atom. The second kappa shape index (κ2) is 3.75. The van der Waals surface area contributed by atoms with Crippen molar-refractivity contribution in [2.45, 2.75) is 6.54 Å². The molecule has 0 bridgehead atoms. The number of hydrogen-bond acceptors (Lipinski definition) is 2. The van der Waals surface area contributed by atoms with Gasteiger partial charge in [0.15, 0.2) is 0 Å². The van der Waals surface area contributed by atoms with E-state index in [4.69, 9.17) is 0 Å². The predicted molar refractivity (Wildman–Crippen MR) is 64.2 cm³/mol. The van der Waals surface area contributed by atoms with E-state index in [-0.39, 0.29) is 0 Å². The normalized spacial score (nSPS) is 11.1. The number of imidazole rings is 2. The van der Waals surface area contributed by atoms with E-state index < -0.39 is 0 Å². The molecule has 5 heteroatoms. The fraction of sp³-hybridized carbons (Fsp3) is 0.0909. The van der Waals surface area contributed by atoms with Crippen LogP contribution in [-0.2, 0) is 6.54 Å². The van der Waals surface area contributed by atoms with E-state index in [0.29, 0.717) is 0 Å². The number of fused-ring (bicyclic) bond motifs is 1. The average molecular weight is 277 g/mol. The Balaban J connectivity index is 1.99. The molecule has 0 atom stereocenters. The number of pyridine rings is 1. The highest BCUT2D eigenvalue weighted by atomic mass is 79.9. The molecule has 0 saturated carbocycles. The molecule has 0 saturated heterocycles. The van der Waals surface area contributed by atoms with Gasteiger partial charge < -0.3 is 8.97 Å². The smallest absolute Gasteiger partial charge is 0.137 e. The zero-order valence-electron chi connectivity index (χ0n) is 8.42. The van der Waals surface area contributed by atoms with E-state index in [1.165, 1.54) is 0 Å². The van der Waals surface area contributed by atoms with Gasteiger partial charge in [-0.2, -0.15) is 0 Å². The molecule has 0 aliphatic carbocycles. The van der Waals surface area contributed by atoms with Crippen molar-refractivity contribution in [1.82, 2.24) is 18.9 Å². The van der Waals surface area contributed by atoms with Crippen LogP contribution in [0.3, 0.4) is 0 Å². The average Bonchev–Trinajstić information content (AvgIpc) is 2.86. The van der Waals surface area contributed by atoms with Crippen molar-refractivity contribution in [3.05, 3.63) is 53.4 Å². The number of aromatic nitrogens is 4. The zero-order valence-corrected chi connectivity index (χ0v) is 10.0. The summed E-state index contributed by atoms with van der Waals surface area (Å²) in [4.78, 5) is 8.53. The number of nitrogens with zero attached hydrogens (tertiary/aromatic N) is 4. The Hall–Kier alpha value is -1.62. The summed E-state index contributed by atoms with van der Waals surface area (Å²) in [6.07, 6.45) is 9.52. The van der Waals surface area contributed by atoms with Gasteiger partial charge in [0.2, 0.25) is 0 Å². The summed E-state index contributed by atoms with van der Waals surface area (Å²) in [5, 5.41) is 0. The summed E-state index contributed by atoms with van der Waals surface area (Å²) in [6, 6.07) is 3.98. The second-order valence-corrected chi connectivity index (χ2v) is 4.50. The van der Waals surface area contributed by atoms with Gasteiger partial charge in [-0.15, -0.1) is 0 Å². The molecular weight excluding hydrogens is 268 g/mol. The minimum absolute atomic E-state index is 0.749. The number of rotatable bonds is 2. The van der Waals surface area contributed by atoms with Gasteiger partial charge in [-0.3, -0.25) is 0 Å². The van der Waals surface area contributed by atoms with Crippen LogP contribution in [0.1, 0.15) is 5.69 Å². The summed E-state index contributed by atoms with van der Waals surface area (Å²) in [5.74, 6) is 0. The first-order valence-corrected chi connectivity index (χ1v) is 5.69. The first-order valence-electron chi connectivity index (χ1n) is 4.90. The van der Waals surface area contributed by atoms with E-state index in [1.807, 2.05) is 39.7 Å². The lowest BCUT2D eigenvalue weighted by atomic mass is 10.5. The van der Waals surface area contributed by atoms with Crippen LogP contribution in [0, 0.1) is 0 Å². The number of halogens is 1. The summed E-state index contributed by atoms with van der Waals surface area (Å²) in [5.41, 5.74) is 1.98. The van der Waals surface area contributed by atoms with E-state index >= 15 is 0 Å². The molecule has 0 amide bonds. The van der Waals surface area contributed by atoms with Crippen LogP contribution in [-0.4, -0.2) is 18.9 Å². The third-order valence-electron chi connectivity index (χ3n) is 2.37. The molecule has 3 aromatic rings. The van der Waals surface area contributed by atoms with Crippen LogP contribution in [0.15, 0.2) is 47.7 Å². The van der Waals surface area contributed by atoms with Gasteiger partial charge in [-0.1, -0.05) is 0 Å². The van der Waals surface area contributed by atoms with Crippen molar-refractivity contribution in [3.63, 3.8) is 0 Å². The monoisotopic (exact) mass is 276 g/mol. The molecule has 80 valence electrons. The molecule has 0 aliphatic heterocycles. The Morgan fingerprint density at radius 2 is 2.19 bits per heavy atom. The second-order valence-electron chi connectivity index (χ2n) is 3.58. The maximum Gasteiger partial charge on any atom is 0.137 e. The third-order valence-corrected chi connectivity index (χ3v) is 2.84. The van der Waals surface area contributed by atoms with E-state index in [1.54, 1.807) is 12.5 Å². The highest BCUT2D eigenvalue weighted by molar-refractivity contribution is 9.10. The standard InChI is InChI=1S/C11H9BrN4/c12-9-1-2-11-14-10(7-16(11)5-9)6-15-4-3-13-8-15/h1-5,7-8H,6H2. The predicted octanol–water partition coefficient (Wildman–Crippen LogP) is 2.34. The fourth-order valence-corrected chi connectivity index (χ4v) is 2.01. The van der Waals surface area contributed by atoms with Gasteiger partial charge in [0.25, 0.3) is 0 Å². The lowest BCUT2D eigenvalue weighted by Gasteiger charge is -1.95. The molecule has 0 radical (unpaired) electrons. The lowest BCUT2D eigenvalue weighted by Crippen LogP contribution is -1.95. The van der Waals surface area contributed by atoms with Crippen LogP contribution in [0.4, 0.5) is 0 Å². The van der Waals surface area contributed by atoms with Gasteiger partial charge in [0, 0.05) is 29.3 Å². The molecule has 3 heterocycles.